The highest BCUT2D eigenvalue weighted by molar-refractivity contribution is 5.44. The van der Waals surface area contributed by atoms with Crippen molar-refractivity contribution >= 4 is 0 Å². The number of hydrogen-bond donors (Lipinski definition) is 1. The Labute approximate surface area is 121 Å². The molecule has 1 aliphatic heterocycles. The van der Waals surface area contributed by atoms with Crippen molar-refractivity contribution in [3.05, 3.63) is 28.8 Å². The van der Waals surface area contributed by atoms with E-state index < -0.39 is 0 Å². The lowest BCUT2D eigenvalue weighted by atomic mass is 9.90. The largest absolute Gasteiger partial charge is 0.496 e. The Morgan fingerprint density at radius 3 is 2.65 bits per heavy atom. The van der Waals surface area contributed by atoms with Gasteiger partial charge in [-0.25, -0.2) is 0 Å². The van der Waals surface area contributed by atoms with Gasteiger partial charge in [-0.05, 0) is 61.8 Å². The number of methoxy groups -OCH3 is 1. The molecule has 1 unspecified atom stereocenters. The van der Waals surface area contributed by atoms with E-state index in [0.29, 0.717) is 12.5 Å². The van der Waals surface area contributed by atoms with E-state index in [1.54, 1.807) is 7.11 Å². The van der Waals surface area contributed by atoms with Crippen molar-refractivity contribution in [1.82, 2.24) is 4.90 Å². The number of likely N-dealkylation sites (tertiary alicyclic amines) is 1. The molecule has 1 atom stereocenters. The van der Waals surface area contributed by atoms with Gasteiger partial charge >= 0.3 is 0 Å². The predicted molar refractivity (Wildman–Crippen MR) is 80.1 cm³/mol. The van der Waals surface area contributed by atoms with E-state index in [2.05, 4.69) is 17.0 Å². The SMILES string of the molecule is COc1cc2c(cc1CN1CCC(CO)C1)CCCC2. The maximum absolute atomic E-state index is 9.26. The highest BCUT2D eigenvalue weighted by Gasteiger charge is 2.23. The molecule has 1 heterocycles. The molecule has 1 aliphatic carbocycles. The molecule has 3 heteroatoms. The molecular weight excluding hydrogens is 250 g/mol. The number of benzene rings is 1. The first-order chi connectivity index (χ1) is 9.80. The van der Waals surface area contributed by atoms with Gasteiger partial charge in [-0.2, -0.15) is 0 Å². The fourth-order valence-electron chi connectivity index (χ4n) is 3.57. The van der Waals surface area contributed by atoms with Crippen LogP contribution in [-0.2, 0) is 19.4 Å². The van der Waals surface area contributed by atoms with E-state index in [1.807, 2.05) is 0 Å². The highest BCUT2D eigenvalue weighted by Crippen LogP contribution is 2.31. The highest BCUT2D eigenvalue weighted by atomic mass is 16.5. The summed E-state index contributed by atoms with van der Waals surface area (Å²) in [5.41, 5.74) is 4.31. The van der Waals surface area contributed by atoms with Crippen molar-refractivity contribution < 1.29 is 9.84 Å². The molecule has 110 valence electrons. The smallest absolute Gasteiger partial charge is 0.123 e. The zero-order valence-corrected chi connectivity index (χ0v) is 12.4. The number of rotatable bonds is 4. The van der Waals surface area contributed by atoms with Crippen LogP contribution in [0.15, 0.2) is 12.1 Å². The van der Waals surface area contributed by atoms with Crippen molar-refractivity contribution in [2.45, 2.75) is 38.6 Å². The Bertz CT molecular complexity index is 472. The van der Waals surface area contributed by atoms with Gasteiger partial charge in [-0.15, -0.1) is 0 Å². The monoisotopic (exact) mass is 275 g/mol. The average molecular weight is 275 g/mol. The second kappa shape index (κ2) is 6.15. The third kappa shape index (κ3) is 2.84. The van der Waals surface area contributed by atoms with Crippen LogP contribution in [-0.4, -0.2) is 36.8 Å². The van der Waals surface area contributed by atoms with Gasteiger partial charge in [-0.3, -0.25) is 4.90 Å². The van der Waals surface area contributed by atoms with Crippen LogP contribution >= 0.6 is 0 Å². The van der Waals surface area contributed by atoms with Crippen molar-refractivity contribution in [2.75, 3.05) is 26.8 Å². The quantitative estimate of drug-likeness (QED) is 0.916. The fourth-order valence-corrected chi connectivity index (χ4v) is 3.57. The first-order valence-corrected chi connectivity index (χ1v) is 7.82. The van der Waals surface area contributed by atoms with Gasteiger partial charge in [0.1, 0.15) is 5.75 Å². The molecule has 20 heavy (non-hydrogen) atoms. The molecule has 0 amide bonds. The van der Waals surface area contributed by atoms with Gasteiger partial charge in [0.2, 0.25) is 0 Å². The lowest BCUT2D eigenvalue weighted by Crippen LogP contribution is -2.21. The van der Waals surface area contributed by atoms with Crippen molar-refractivity contribution in [3.8, 4) is 5.75 Å². The topological polar surface area (TPSA) is 32.7 Å². The number of ether oxygens (including phenoxy) is 1. The van der Waals surface area contributed by atoms with Crippen molar-refractivity contribution in [1.29, 1.82) is 0 Å². The number of aliphatic hydroxyl groups excluding tert-OH is 1. The van der Waals surface area contributed by atoms with Crippen molar-refractivity contribution in [3.63, 3.8) is 0 Å². The van der Waals surface area contributed by atoms with E-state index in [-0.39, 0.29) is 0 Å². The van der Waals surface area contributed by atoms with E-state index in [1.165, 1.54) is 42.4 Å². The van der Waals surface area contributed by atoms with Crippen LogP contribution in [0.4, 0.5) is 0 Å². The predicted octanol–water partition coefficient (Wildman–Crippen LogP) is 2.39. The van der Waals surface area contributed by atoms with Crippen LogP contribution in [0.25, 0.3) is 0 Å². The lowest BCUT2D eigenvalue weighted by Gasteiger charge is -2.22. The van der Waals surface area contributed by atoms with Gasteiger partial charge in [0, 0.05) is 25.3 Å². The summed E-state index contributed by atoms with van der Waals surface area (Å²) in [6, 6.07) is 4.61. The number of nitrogens with zero attached hydrogens (tertiary/aromatic N) is 1. The molecular formula is C17H25NO2. The normalized spacial score (nSPS) is 22.8. The Morgan fingerprint density at radius 2 is 2.00 bits per heavy atom. The second-order valence-electron chi connectivity index (χ2n) is 6.21. The van der Waals surface area contributed by atoms with Crippen LogP contribution in [0, 0.1) is 5.92 Å². The van der Waals surface area contributed by atoms with Gasteiger partial charge in [0.15, 0.2) is 0 Å². The number of aliphatic hydroxyl groups is 1. The summed E-state index contributed by atoms with van der Waals surface area (Å²) in [6.45, 7) is 3.37. The zero-order chi connectivity index (χ0) is 13.9. The third-order valence-corrected chi connectivity index (χ3v) is 4.77. The van der Waals surface area contributed by atoms with Gasteiger partial charge in [0.05, 0.1) is 7.11 Å². The maximum atomic E-state index is 9.26. The molecule has 0 bridgehead atoms. The summed E-state index contributed by atoms with van der Waals surface area (Å²) >= 11 is 0. The summed E-state index contributed by atoms with van der Waals surface area (Å²) in [4.78, 5) is 2.44. The van der Waals surface area contributed by atoms with Crippen LogP contribution < -0.4 is 4.74 Å². The second-order valence-corrected chi connectivity index (χ2v) is 6.21. The van der Waals surface area contributed by atoms with Crippen LogP contribution in [0.1, 0.15) is 36.0 Å². The molecule has 3 nitrogen and oxygen atoms in total. The molecule has 1 N–H and O–H groups in total. The first kappa shape index (κ1) is 13.9. The molecule has 0 radical (unpaired) electrons. The summed E-state index contributed by atoms with van der Waals surface area (Å²) < 4.78 is 5.60. The Hall–Kier alpha value is -1.06. The minimum Gasteiger partial charge on any atom is -0.496 e. The Kier molecular flexibility index (Phi) is 4.27. The first-order valence-electron chi connectivity index (χ1n) is 7.82. The number of aryl methyl sites for hydroxylation is 2. The summed E-state index contributed by atoms with van der Waals surface area (Å²) in [6.07, 6.45) is 6.15. The summed E-state index contributed by atoms with van der Waals surface area (Å²) in [5, 5.41) is 9.26. The van der Waals surface area contributed by atoms with E-state index in [0.717, 1.165) is 31.8 Å². The van der Waals surface area contributed by atoms with Gasteiger partial charge in [-0.1, -0.05) is 6.07 Å². The minimum absolute atomic E-state index is 0.317. The van der Waals surface area contributed by atoms with Crippen LogP contribution in [0.2, 0.25) is 0 Å². The lowest BCUT2D eigenvalue weighted by molar-refractivity contribution is 0.219. The number of fused-ring (bicyclic) bond motifs is 1. The Morgan fingerprint density at radius 1 is 1.25 bits per heavy atom. The van der Waals surface area contributed by atoms with Gasteiger partial charge < -0.3 is 9.84 Å². The molecule has 1 aromatic carbocycles. The molecule has 1 fully saturated rings. The molecule has 1 saturated heterocycles. The average Bonchev–Trinajstić information content (AvgIpc) is 2.94. The standard InChI is InChI=1S/C17H25NO2/c1-20-17-9-15-5-3-2-4-14(15)8-16(17)11-18-7-6-13(10-18)12-19/h8-9,13,19H,2-7,10-12H2,1H3. The maximum Gasteiger partial charge on any atom is 0.123 e. The number of hydrogen-bond acceptors (Lipinski definition) is 3. The fraction of sp³-hybridized carbons (Fsp3) is 0.647. The summed E-state index contributed by atoms with van der Waals surface area (Å²) in [5.74, 6) is 1.50. The molecule has 2 aliphatic rings. The van der Waals surface area contributed by atoms with Crippen LogP contribution in [0.3, 0.4) is 0 Å². The Balaban J connectivity index is 1.78. The molecule has 0 aromatic heterocycles. The van der Waals surface area contributed by atoms with Crippen LogP contribution in [0.5, 0.6) is 5.75 Å². The van der Waals surface area contributed by atoms with Gasteiger partial charge in [0.25, 0.3) is 0 Å². The third-order valence-electron chi connectivity index (χ3n) is 4.77. The molecule has 3 rings (SSSR count). The van der Waals surface area contributed by atoms with Crippen molar-refractivity contribution in [2.24, 2.45) is 5.92 Å². The minimum atomic E-state index is 0.317. The van der Waals surface area contributed by atoms with E-state index in [4.69, 9.17) is 4.74 Å². The molecule has 0 saturated carbocycles. The van der Waals surface area contributed by atoms with E-state index >= 15 is 0 Å². The molecule has 0 spiro atoms. The van der Waals surface area contributed by atoms with E-state index in [9.17, 15) is 5.11 Å². The molecule has 1 aromatic rings. The summed E-state index contributed by atoms with van der Waals surface area (Å²) in [7, 11) is 1.77. The zero-order valence-electron chi connectivity index (χ0n) is 12.4.